The first kappa shape index (κ1) is 22.3. The van der Waals surface area contributed by atoms with E-state index in [0.29, 0.717) is 17.9 Å². The number of benzene rings is 2. The number of fused-ring (bicyclic) bond motifs is 2. The molecule has 2 aromatic rings. The topological polar surface area (TPSA) is 67.8 Å². The highest BCUT2D eigenvalue weighted by Crippen LogP contribution is 2.71. The van der Waals surface area contributed by atoms with E-state index in [0.717, 1.165) is 24.2 Å². The first-order valence-corrected chi connectivity index (χ1v) is 11.4. The van der Waals surface area contributed by atoms with Crippen LogP contribution in [-0.2, 0) is 9.63 Å². The van der Waals surface area contributed by atoms with Gasteiger partial charge in [-0.15, -0.1) is 0 Å². The summed E-state index contributed by atoms with van der Waals surface area (Å²) in [5.74, 6) is -0.0193. The van der Waals surface area contributed by atoms with Gasteiger partial charge in [0.15, 0.2) is 0 Å². The number of carbonyl (C=O) groups excluding carboxylic acids is 2. The maximum absolute atomic E-state index is 13.6. The Morgan fingerprint density at radius 3 is 2.25 bits per heavy atom. The molecule has 5 nitrogen and oxygen atoms in total. The van der Waals surface area contributed by atoms with Crippen LogP contribution in [0.1, 0.15) is 75.7 Å². The molecule has 0 radical (unpaired) electrons. The lowest BCUT2D eigenvalue weighted by Gasteiger charge is -2.39. The van der Waals surface area contributed by atoms with Crippen molar-refractivity contribution in [3.8, 4) is 0 Å². The standard InChI is InChI=1S/C27H32N2O3/c1-18(2)19-11-13-21(14-12-19)28-24(31)27-16-15-26(5,25(27,3)4)22(17-27)29-32-23(30)20-9-7-6-8-10-20/h6-14,18H,15-17H2,1-5H3,(H,28,31). The normalized spacial score (nSPS) is 27.0. The summed E-state index contributed by atoms with van der Waals surface area (Å²) in [4.78, 5) is 31.3. The van der Waals surface area contributed by atoms with Crippen molar-refractivity contribution in [1.82, 2.24) is 0 Å². The van der Waals surface area contributed by atoms with Crippen LogP contribution < -0.4 is 5.32 Å². The second kappa shape index (κ2) is 7.88. The van der Waals surface area contributed by atoms with E-state index in [1.54, 1.807) is 24.3 Å². The smallest absolute Gasteiger partial charge is 0.326 e. The first-order valence-electron chi connectivity index (χ1n) is 11.4. The maximum atomic E-state index is 13.6. The largest absolute Gasteiger partial charge is 0.365 e. The Balaban J connectivity index is 1.56. The van der Waals surface area contributed by atoms with E-state index in [9.17, 15) is 9.59 Å². The average Bonchev–Trinajstić information content (AvgIpc) is 3.09. The third-order valence-electron chi connectivity index (χ3n) is 8.25. The molecule has 5 heteroatoms. The van der Waals surface area contributed by atoms with Crippen LogP contribution in [0.4, 0.5) is 5.69 Å². The van der Waals surface area contributed by atoms with Gasteiger partial charge in [0.1, 0.15) is 0 Å². The third kappa shape index (κ3) is 3.35. The number of hydrogen-bond acceptors (Lipinski definition) is 4. The van der Waals surface area contributed by atoms with Gasteiger partial charge in [0, 0.05) is 17.5 Å². The highest BCUT2D eigenvalue weighted by atomic mass is 16.7. The average molecular weight is 433 g/mol. The van der Waals surface area contributed by atoms with Crippen LogP contribution in [0.25, 0.3) is 0 Å². The van der Waals surface area contributed by atoms with E-state index < -0.39 is 11.4 Å². The van der Waals surface area contributed by atoms with E-state index in [-0.39, 0.29) is 16.7 Å². The number of carbonyl (C=O) groups is 2. The van der Waals surface area contributed by atoms with Gasteiger partial charge in [-0.2, -0.15) is 0 Å². The Kier molecular flexibility index (Phi) is 5.48. The molecule has 32 heavy (non-hydrogen) atoms. The number of nitrogens with zero attached hydrogens (tertiary/aromatic N) is 1. The van der Waals surface area contributed by atoms with Gasteiger partial charge in [-0.05, 0) is 54.0 Å². The summed E-state index contributed by atoms with van der Waals surface area (Å²) in [5, 5.41) is 7.45. The lowest BCUT2D eigenvalue weighted by atomic mass is 9.64. The molecule has 0 spiro atoms. The lowest BCUT2D eigenvalue weighted by molar-refractivity contribution is -0.130. The van der Waals surface area contributed by atoms with Crippen molar-refractivity contribution in [2.75, 3.05) is 5.32 Å². The molecule has 0 aromatic heterocycles. The Labute approximate surface area is 190 Å². The summed E-state index contributed by atoms with van der Waals surface area (Å²) in [6.07, 6.45) is 2.12. The quantitative estimate of drug-likeness (QED) is 0.453. The minimum atomic E-state index is -0.587. The molecule has 0 aliphatic heterocycles. The zero-order valence-electron chi connectivity index (χ0n) is 19.6. The number of amides is 1. The maximum Gasteiger partial charge on any atom is 0.365 e. The van der Waals surface area contributed by atoms with Crippen LogP contribution in [0.15, 0.2) is 59.8 Å². The molecule has 2 aliphatic rings. The van der Waals surface area contributed by atoms with E-state index >= 15 is 0 Å². The Morgan fingerprint density at radius 1 is 0.969 bits per heavy atom. The number of anilines is 1. The van der Waals surface area contributed by atoms with Crippen LogP contribution >= 0.6 is 0 Å². The predicted molar refractivity (Wildman–Crippen MR) is 127 cm³/mol. The number of oxime groups is 1. The van der Waals surface area contributed by atoms with Gasteiger partial charge in [-0.1, -0.05) is 70.1 Å². The number of rotatable bonds is 5. The SMILES string of the molecule is CC(C)c1ccc(NC(=O)C23CCC(C)(C(=NOC(=O)c4ccccc4)C2)C3(C)C)cc1. The lowest BCUT2D eigenvalue weighted by Crippen LogP contribution is -2.43. The molecule has 0 heterocycles. The van der Waals surface area contributed by atoms with E-state index in [1.165, 1.54) is 5.56 Å². The summed E-state index contributed by atoms with van der Waals surface area (Å²) in [7, 11) is 0. The number of nitrogens with one attached hydrogen (secondary N) is 1. The molecule has 2 aliphatic carbocycles. The second-order valence-electron chi connectivity index (χ2n) is 10.2. The summed E-state index contributed by atoms with van der Waals surface area (Å²) in [6, 6.07) is 16.9. The van der Waals surface area contributed by atoms with Gasteiger partial charge in [-0.25, -0.2) is 4.79 Å². The molecule has 0 saturated heterocycles. The molecule has 2 saturated carbocycles. The van der Waals surface area contributed by atoms with E-state index in [4.69, 9.17) is 4.84 Å². The van der Waals surface area contributed by atoms with Crippen molar-refractivity contribution in [2.24, 2.45) is 21.4 Å². The summed E-state index contributed by atoms with van der Waals surface area (Å²) < 4.78 is 0. The zero-order chi connectivity index (χ0) is 23.1. The van der Waals surface area contributed by atoms with Crippen LogP contribution in [0.5, 0.6) is 0 Å². The molecular formula is C27H32N2O3. The van der Waals surface area contributed by atoms with Crippen LogP contribution in [0, 0.1) is 16.2 Å². The zero-order valence-corrected chi connectivity index (χ0v) is 19.6. The summed E-state index contributed by atoms with van der Waals surface area (Å²) in [5.41, 5.74) is 2.09. The van der Waals surface area contributed by atoms with E-state index in [2.05, 4.69) is 57.2 Å². The minimum absolute atomic E-state index is 0.0168. The molecule has 1 N–H and O–H groups in total. The summed E-state index contributed by atoms with van der Waals surface area (Å²) >= 11 is 0. The molecule has 2 atom stereocenters. The fourth-order valence-corrected chi connectivity index (χ4v) is 5.45. The van der Waals surface area contributed by atoms with Gasteiger partial charge < -0.3 is 10.2 Å². The molecule has 2 aromatic carbocycles. The molecule has 2 unspecified atom stereocenters. The van der Waals surface area contributed by atoms with Gasteiger partial charge in [0.05, 0.1) is 16.7 Å². The highest BCUT2D eigenvalue weighted by Gasteiger charge is 2.71. The molecule has 1 amide bonds. The van der Waals surface area contributed by atoms with Crippen LogP contribution in [0.3, 0.4) is 0 Å². The Hall–Kier alpha value is -2.95. The molecule has 4 rings (SSSR count). The monoisotopic (exact) mass is 432 g/mol. The van der Waals surface area contributed by atoms with Crippen molar-refractivity contribution in [1.29, 1.82) is 0 Å². The molecule has 2 bridgehead atoms. The van der Waals surface area contributed by atoms with Crippen molar-refractivity contribution >= 4 is 23.3 Å². The highest BCUT2D eigenvalue weighted by molar-refractivity contribution is 6.06. The predicted octanol–water partition coefficient (Wildman–Crippen LogP) is 6.18. The summed E-state index contributed by atoms with van der Waals surface area (Å²) in [6.45, 7) is 10.7. The van der Waals surface area contributed by atoms with Crippen molar-refractivity contribution in [3.05, 3.63) is 65.7 Å². The molecule has 168 valence electrons. The Bertz CT molecular complexity index is 1060. The molecular weight excluding hydrogens is 400 g/mol. The fourth-order valence-electron chi connectivity index (χ4n) is 5.45. The van der Waals surface area contributed by atoms with Crippen molar-refractivity contribution in [2.45, 2.75) is 59.8 Å². The van der Waals surface area contributed by atoms with Gasteiger partial charge in [0.2, 0.25) is 5.91 Å². The fraction of sp³-hybridized carbons (Fsp3) is 0.444. The Morgan fingerprint density at radius 2 is 1.62 bits per heavy atom. The first-order chi connectivity index (χ1) is 15.1. The van der Waals surface area contributed by atoms with Crippen LogP contribution in [0.2, 0.25) is 0 Å². The van der Waals surface area contributed by atoms with Crippen molar-refractivity contribution < 1.29 is 14.4 Å². The van der Waals surface area contributed by atoms with Gasteiger partial charge in [0.25, 0.3) is 0 Å². The minimum Gasteiger partial charge on any atom is -0.326 e. The van der Waals surface area contributed by atoms with E-state index in [1.807, 2.05) is 18.2 Å². The van der Waals surface area contributed by atoms with Crippen LogP contribution in [-0.4, -0.2) is 17.6 Å². The van der Waals surface area contributed by atoms with Gasteiger partial charge >= 0.3 is 5.97 Å². The molecule has 2 fully saturated rings. The van der Waals surface area contributed by atoms with Gasteiger partial charge in [-0.3, -0.25) is 4.79 Å². The third-order valence-corrected chi connectivity index (χ3v) is 8.25. The number of hydrogen-bond donors (Lipinski definition) is 1. The van der Waals surface area contributed by atoms with Crippen molar-refractivity contribution in [3.63, 3.8) is 0 Å². The second-order valence-corrected chi connectivity index (χ2v) is 10.2.